The van der Waals surface area contributed by atoms with Gasteiger partial charge in [-0.3, -0.25) is 4.79 Å². The average molecular weight is 204 g/mol. The first-order chi connectivity index (χ1) is 4.33. The highest BCUT2D eigenvalue weighted by molar-refractivity contribution is 6.56. The van der Waals surface area contributed by atoms with Crippen LogP contribution in [0.5, 0.6) is 0 Å². The average Bonchev–Trinajstić information content (AvgIpc) is 1.60. The summed E-state index contributed by atoms with van der Waals surface area (Å²) in [4.78, 5) is 35.0. The van der Waals surface area contributed by atoms with Gasteiger partial charge in [0.05, 0.1) is 0 Å². The van der Waals surface area contributed by atoms with Gasteiger partial charge in [-0.1, -0.05) is 0 Å². The van der Waals surface area contributed by atoms with Crippen molar-refractivity contribution in [1.82, 2.24) is 0 Å². The molecule has 0 radical (unpaired) electrons. The molecular weight excluding hydrogens is 194 g/mol. The Morgan fingerprint density at radius 2 is 1.82 bits per heavy atom. The summed E-state index contributed by atoms with van der Waals surface area (Å²) >= 11 is 0. The van der Waals surface area contributed by atoms with Crippen LogP contribution in [0.2, 0.25) is 6.04 Å². The van der Waals surface area contributed by atoms with Crippen LogP contribution in [0.1, 0.15) is 0 Å². The van der Waals surface area contributed by atoms with Crippen LogP contribution in [-0.4, -0.2) is 40.3 Å². The zero-order valence-corrected chi connectivity index (χ0v) is 7.28. The van der Waals surface area contributed by atoms with Crippen molar-refractivity contribution in [2.75, 3.05) is 0 Å². The Balaban J connectivity index is 0. The third kappa shape index (κ3) is 7.72. The molecule has 0 aliphatic rings. The van der Waals surface area contributed by atoms with Crippen molar-refractivity contribution in [2.45, 2.75) is 12.1 Å². The van der Waals surface area contributed by atoms with E-state index >= 15 is 0 Å². The zero-order chi connectivity index (χ0) is 8.36. The van der Waals surface area contributed by atoms with Gasteiger partial charge in [0.25, 0.3) is 0 Å². The molecule has 68 valence electrons. The number of hydrogen-bond donors (Lipinski definition) is 5. The topological polar surface area (TPSA) is 124 Å². The first kappa shape index (κ1) is 13.4. The molecule has 0 saturated carbocycles. The fourth-order valence-corrected chi connectivity index (χ4v) is 1.15. The molecule has 1 atom stereocenters. The van der Waals surface area contributed by atoms with E-state index in [0.29, 0.717) is 0 Å². The van der Waals surface area contributed by atoms with Crippen LogP contribution < -0.4 is 5.73 Å². The van der Waals surface area contributed by atoms with Crippen LogP contribution >= 0.6 is 12.4 Å². The van der Waals surface area contributed by atoms with Gasteiger partial charge in [-0.25, -0.2) is 0 Å². The van der Waals surface area contributed by atoms with Gasteiger partial charge < -0.3 is 25.2 Å². The number of aliphatic carboxylic acids is 1. The molecule has 0 aliphatic heterocycles. The maximum atomic E-state index is 9.94. The molecule has 0 aromatic heterocycles. The number of carbonyl (C=O) groups is 1. The van der Waals surface area contributed by atoms with Gasteiger partial charge in [0, 0.05) is 6.04 Å². The van der Waals surface area contributed by atoms with Gasteiger partial charge in [-0.15, -0.1) is 12.4 Å². The fourth-order valence-electron chi connectivity index (χ4n) is 0.382. The van der Waals surface area contributed by atoms with Gasteiger partial charge in [0.15, 0.2) is 0 Å². The van der Waals surface area contributed by atoms with Crippen molar-refractivity contribution in [2.24, 2.45) is 5.73 Å². The van der Waals surface area contributed by atoms with Gasteiger partial charge in [-0.2, -0.15) is 0 Å². The Bertz CT molecular complexity index is 136. The third-order valence-electron chi connectivity index (χ3n) is 0.811. The van der Waals surface area contributed by atoms with Gasteiger partial charge in [-0.05, 0) is 0 Å². The first-order valence-electron chi connectivity index (χ1n) is 2.48. The molecule has 0 aromatic rings. The van der Waals surface area contributed by atoms with Crippen LogP contribution in [0.25, 0.3) is 0 Å². The molecule has 0 aliphatic carbocycles. The second-order valence-corrected chi connectivity index (χ2v) is 3.88. The SMILES string of the molecule is Cl.NC(C[Si](O)(O)O)C(=O)O. The van der Waals surface area contributed by atoms with E-state index in [2.05, 4.69) is 0 Å². The van der Waals surface area contributed by atoms with E-state index in [1.807, 2.05) is 0 Å². The summed E-state index contributed by atoms with van der Waals surface area (Å²) in [5.74, 6) is -1.37. The fraction of sp³-hybridized carbons (Fsp3) is 0.667. The van der Waals surface area contributed by atoms with E-state index in [9.17, 15) is 4.79 Å². The maximum absolute atomic E-state index is 9.94. The Morgan fingerprint density at radius 3 is 1.91 bits per heavy atom. The van der Waals surface area contributed by atoms with Gasteiger partial charge >= 0.3 is 14.8 Å². The molecular formula is C3H10ClNO5Si. The second kappa shape index (κ2) is 4.65. The number of nitrogens with two attached hydrogens (primary N) is 1. The lowest BCUT2D eigenvalue weighted by atomic mass is 10.4. The highest BCUT2D eigenvalue weighted by Crippen LogP contribution is 1.99. The summed E-state index contributed by atoms with van der Waals surface area (Å²) in [6.45, 7) is 0. The molecule has 0 heterocycles. The third-order valence-corrected chi connectivity index (χ3v) is 1.80. The minimum Gasteiger partial charge on any atom is -0.480 e. The molecule has 1 unspecified atom stereocenters. The molecule has 0 aromatic carbocycles. The lowest BCUT2D eigenvalue weighted by Gasteiger charge is -2.11. The standard InChI is InChI=1S/C3H9NO5Si.ClH/c4-2(3(5)6)1-10(7,8)9;/h2,7-9H,1,4H2,(H,5,6);1H. The zero-order valence-electron chi connectivity index (χ0n) is 5.47. The van der Waals surface area contributed by atoms with E-state index in [4.69, 9.17) is 25.2 Å². The molecule has 8 heteroatoms. The van der Waals surface area contributed by atoms with Crippen molar-refractivity contribution in [3.63, 3.8) is 0 Å². The summed E-state index contributed by atoms with van der Waals surface area (Å²) in [6, 6.07) is -2.09. The molecule has 0 fully saturated rings. The van der Waals surface area contributed by atoms with Crippen molar-refractivity contribution in [1.29, 1.82) is 0 Å². The summed E-state index contributed by atoms with van der Waals surface area (Å²) in [7, 11) is -4.29. The van der Waals surface area contributed by atoms with Crippen LogP contribution in [0.3, 0.4) is 0 Å². The number of carboxylic acids is 1. The van der Waals surface area contributed by atoms with E-state index in [-0.39, 0.29) is 12.4 Å². The molecule has 6 N–H and O–H groups in total. The lowest BCUT2D eigenvalue weighted by molar-refractivity contribution is -0.138. The number of carboxylic acid groups (broad SMARTS) is 1. The molecule has 0 saturated heterocycles. The quantitative estimate of drug-likeness (QED) is 0.330. The summed E-state index contributed by atoms with van der Waals surface area (Å²) in [5, 5.41) is 8.11. The highest BCUT2D eigenvalue weighted by atomic mass is 35.5. The Hall–Kier alpha value is -0.183. The second-order valence-electron chi connectivity index (χ2n) is 1.92. The van der Waals surface area contributed by atoms with Crippen molar-refractivity contribution < 1.29 is 24.3 Å². The lowest BCUT2D eigenvalue weighted by Crippen LogP contribution is -2.44. The smallest absolute Gasteiger partial charge is 0.480 e. The monoisotopic (exact) mass is 203 g/mol. The summed E-state index contributed by atoms with van der Waals surface area (Å²) in [5.41, 5.74) is 4.86. The molecule has 11 heavy (non-hydrogen) atoms. The van der Waals surface area contributed by atoms with E-state index in [1.165, 1.54) is 0 Å². The van der Waals surface area contributed by atoms with Crippen LogP contribution in [0.4, 0.5) is 0 Å². The van der Waals surface area contributed by atoms with Crippen LogP contribution in [-0.2, 0) is 4.79 Å². The maximum Gasteiger partial charge on any atom is 0.494 e. The predicted molar refractivity (Wildman–Crippen MR) is 40.1 cm³/mol. The summed E-state index contributed by atoms with van der Waals surface area (Å²) in [6.07, 6.45) is 0. The molecule has 0 bridgehead atoms. The van der Waals surface area contributed by atoms with Crippen molar-refractivity contribution >= 4 is 27.2 Å². The van der Waals surface area contributed by atoms with Crippen LogP contribution in [0, 0.1) is 0 Å². The Labute approximate surface area is 70.1 Å². The Morgan fingerprint density at radius 1 is 1.45 bits per heavy atom. The normalized spacial score (nSPS) is 13.5. The number of rotatable bonds is 3. The van der Waals surface area contributed by atoms with Crippen molar-refractivity contribution in [3.05, 3.63) is 0 Å². The first-order valence-corrected chi connectivity index (χ1v) is 4.53. The molecule has 6 nitrogen and oxygen atoms in total. The van der Waals surface area contributed by atoms with Gasteiger partial charge in [0.1, 0.15) is 6.04 Å². The van der Waals surface area contributed by atoms with E-state index in [0.717, 1.165) is 0 Å². The summed E-state index contributed by atoms with van der Waals surface area (Å²) < 4.78 is 0. The van der Waals surface area contributed by atoms with Gasteiger partial charge in [0.2, 0.25) is 0 Å². The largest absolute Gasteiger partial charge is 0.494 e. The van der Waals surface area contributed by atoms with E-state index < -0.39 is 26.9 Å². The predicted octanol–water partition coefficient (Wildman–Crippen LogP) is -2.26. The van der Waals surface area contributed by atoms with Crippen molar-refractivity contribution in [3.8, 4) is 0 Å². The minimum absolute atomic E-state index is 0. The Kier molecular flexibility index (Phi) is 5.66. The minimum atomic E-state index is -4.29. The molecule has 0 spiro atoms. The van der Waals surface area contributed by atoms with Crippen LogP contribution in [0.15, 0.2) is 0 Å². The highest BCUT2D eigenvalue weighted by Gasteiger charge is 2.32. The molecule has 0 amide bonds. The molecule has 0 rings (SSSR count). The van der Waals surface area contributed by atoms with E-state index in [1.54, 1.807) is 0 Å². The number of hydrogen-bond acceptors (Lipinski definition) is 5. The number of halogens is 1.